The van der Waals surface area contributed by atoms with Gasteiger partial charge in [0.15, 0.2) is 0 Å². The van der Waals surface area contributed by atoms with E-state index in [0.29, 0.717) is 13.1 Å². The van der Waals surface area contributed by atoms with E-state index in [9.17, 15) is 9.18 Å². The van der Waals surface area contributed by atoms with Crippen LogP contribution in [0.3, 0.4) is 0 Å². The van der Waals surface area contributed by atoms with E-state index >= 15 is 0 Å². The van der Waals surface area contributed by atoms with Crippen LogP contribution in [0, 0.1) is 0 Å². The van der Waals surface area contributed by atoms with Gasteiger partial charge in [-0.25, -0.2) is 9.45 Å². The lowest BCUT2D eigenvalue weighted by Crippen LogP contribution is -2.43. The van der Waals surface area contributed by atoms with Crippen molar-refractivity contribution in [2.24, 2.45) is 0 Å². The Morgan fingerprint density at radius 1 is 1.47 bits per heavy atom. The number of halogens is 1. The Hall–Kier alpha value is -1.46. The second-order valence-corrected chi connectivity index (χ2v) is 4.83. The van der Waals surface area contributed by atoms with Gasteiger partial charge in [0.2, 0.25) is 0 Å². The standard InChI is InChI=1S/C14H19FN2O2/c1-16-10-12(15)8-13(16)14(18)17(19-2)9-11-6-4-3-5-7-11/h3-7,12-13H,8-10H2,1-2H3/t12?,13-/m0/s1. The predicted molar refractivity (Wildman–Crippen MR) is 69.9 cm³/mol. The largest absolute Gasteiger partial charge is 0.292 e. The topological polar surface area (TPSA) is 32.8 Å². The summed E-state index contributed by atoms with van der Waals surface area (Å²) in [7, 11) is 3.22. The van der Waals surface area contributed by atoms with Crippen molar-refractivity contribution < 1.29 is 14.0 Å². The van der Waals surface area contributed by atoms with Crippen molar-refractivity contribution >= 4 is 5.91 Å². The lowest BCUT2D eigenvalue weighted by atomic mass is 10.1. The second-order valence-electron chi connectivity index (χ2n) is 4.83. The lowest BCUT2D eigenvalue weighted by Gasteiger charge is -2.26. The van der Waals surface area contributed by atoms with Gasteiger partial charge < -0.3 is 0 Å². The number of rotatable bonds is 4. The number of alkyl halides is 1. The number of amides is 1. The molecule has 0 aliphatic carbocycles. The van der Waals surface area contributed by atoms with Gasteiger partial charge in [0.1, 0.15) is 6.17 Å². The number of hydroxylamine groups is 2. The molecule has 0 saturated carbocycles. The van der Waals surface area contributed by atoms with Crippen LogP contribution in [0.15, 0.2) is 30.3 Å². The number of nitrogens with zero attached hydrogens (tertiary/aromatic N) is 2. The molecule has 1 heterocycles. The van der Waals surface area contributed by atoms with Crippen LogP contribution in [0.5, 0.6) is 0 Å². The van der Waals surface area contributed by atoms with Crippen LogP contribution in [0.25, 0.3) is 0 Å². The Balaban J connectivity index is 2.03. The van der Waals surface area contributed by atoms with Crippen LogP contribution in [0.2, 0.25) is 0 Å². The first-order valence-electron chi connectivity index (χ1n) is 6.35. The third kappa shape index (κ3) is 3.30. The van der Waals surface area contributed by atoms with Crippen molar-refractivity contribution in [3.05, 3.63) is 35.9 Å². The van der Waals surface area contributed by atoms with Gasteiger partial charge in [0.25, 0.3) is 5.91 Å². The average molecular weight is 266 g/mol. The fraction of sp³-hybridized carbons (Fsp3) is 0.500. The van der Waals surface area contributed by atoms with Gasteiger partial charge in [-0.3, -0.25) is 14.5 Å². The summed E-state index contributed by atoms with van der Waals surface area (Å²) in [4.78, 5) is 19.2. The SMILES string of the molecule is CON(Cc1ccccc1)C(=O)[C@@H]1CC(F)CN1C. The van der Waals surface area contributed by atoms with Crippen LogP contribution in [-0.2, 0) is 16.2 Å². The molecule has 104 valence electrons. The number of likely N-dealkylation sites (tertiary alicyclic amines) is 1. The highest BCUT2D eigenvalue weighted by atomic mass is 19.1. The first kappa shape index (κ1) is 14.0. The zero-order valence-corrected chi connectivity index (χ0v) is 11.3. The molecule has 0 N–H and O–H groups in total. The molecule has 2 rings (SSSR count). The summed E-state index contributed by atoms with van der Waals surface area (Å²) in [5.74, 6) is -0.186. The summed E-state index contributed by atoms with van der Waals surface area (Å²) in [6.45, 7) is 0.677. The van der Waals surface area contributed by atoms with E-state index in [1.807, 2.05) is 30.3 Å². The highest BCUT2D eigenvalue weighted by Gasteiger charge is 2.37. The third-order valence-corrected chi connectivity index (χ3v) is 3.42. The Morgan fingerprint density at radius 2 is 2.16 bits per heavy atom. The number of likely N-dealkylation sites (N-methyl/N-ethyl adjacent to an activating group) is 1. The van der Waals surface area contributed by atoms with Gasteiger partial charge >= 0.3 is 0 Å². The second kappa shape index (κ2) is 6.12. The Labute approximate surface area is 112 Å². The highest BCUT2D eigenvalue weighted by Crippen LogP contribution is 2.21. The number of hydrogen-bond acceptors (Lipinski definition) is 3. The summed E-state index contributed by atoms with van der Waals surface area (Å²) < 4.78 is 13.3. The van der Waals surface area contributed by atoms with E-state index in [-0.39, 0.29) is 12.3 Å². The first-order valence-corrected chi connectivity index (χ1v) is 6.35. The quantitative estimate of drug-likeness (QED) is 0.776. The normalized spacial score (nSPS) is 23.5. The van der Waals surface area contributed by atoms with Gasteiger partial charge in [-0.05, 0) is 12.6 Å². The fourth-order valence-electron chi connectivity index (χ4n) is 2.37. The Morgan fingerprint density at radius 3 is 2.68 bits per heavy atom. The Kier molecular flexibility index (Phi) is 4.50. The minimum Gasteiger partial charge on any atom is -0.292 e. The van der Waals surface area contributed by atoms with Crippen LogP contribution in [0.4, 0.5) is 4.39 Å². The summed E-state index contributed by atoms with van der Waals surface area (Å²) in [6, 6.07) is 9.16. The molecule has 1 fully saturated rings. The molecule has 0 radical (unpaired) electrons. The molecule has 1 aromatic rings. The first-order chi connectivity index (χ1) is 9.11. The van der Waals surface area contributed by atoms with Crippen LogP contribution in [0.1, 0.15) is 12.0 Å². The molecule has 0 bridgehead atoms. The van der Waals surface area contributed by atoms with E-state index in [0.717, 1.165) is 5.56 Å². The van der Waals surface area contributed by atoms with E-state index in [2.05, 4.69) is 0 Å². The van der Waals surface area contributed by atoms with Gasteiger partial charge in [0, 0.05) is 13.0 Å². The minimum atomic E-state index is -0.936. The summed E-state index contributed by atoms with van der Waals surface area (Å²) >= 11 is 0. The molecule has 1 saturated heterocycles. The monoisotopic (exact) mass is 266 g/mol. The van der Waals surface area contributed by atoms with Gasteiger partial charge in [-0.2, -0.15) is 0 Å². The molecule has 19 heavy (non-hydrogen) atoms. The van der Waals surface area contributed by atoms with Crippen molar-refractivity contribution in [3.8, 4) is 0 Å². The molecule has 4 nitrogen and oxygen atoms in total. The van der Waals surface area contributed by atoms with E-state index in [1.165, 1.54) is 12.2 Å². The van der Waals surface area contributed by atoms with E-state index < -0.39 is 12.2 Å². The minimum absolute atomic E-state index is 0.186. The van der Waals surface area contributed by atoms with Crippen molar-refractivity contribution in [1.29, 1.82) is 0 Å². The third-order valence-electron chi connectivity index (χ3n) is 3.42. The summed E-state index contributed by atoms with van der Waals surface area (Å²) in [5, 5.41) is 1.30. The number of benzene rings is 1. The Bertz CT molecular complexity index is 427. The maximum Gasteiger partial charge on any atom is 0.263 e. The molecule has 1 aliphatic heterocycles. The maximum absolute atomic E-state index is 13.3. The van der Waals surface area contributed by atoms with Crippen molar-refractivity contribution in [1.82, 2.24) is 9.96 Å². The van der Waals surface area contributed by atoms with E-state index in [1.54, 1.807) is 11.9 Å². The molecule has 0 spiro atoms. The molecule has 1 aliphatic rings. The van der Waals surface area contributed by atoms with Crippen LogP contribution in [-0.4, -0.2) is 48.8 Å². The molecular weight excluding hydrogens is 247 g/mol. The smallest absolute Gasteiger partial charge is 0.263 e. The fourth-order valence-corrected chi connectivity index (χ4v) is 2.37. The zero-order chi connectivity index (χ0) is 13.8. The average Bonchev–Trinajstić information content (AvgIpc) is 2.75. The molecular formula is C14H19FN2O2. The maximum atomic E-state index is 13.3. The molecule has 1 unspecified atom stereocenters. The highest BCUT2D eigenvalue weighted by molar-refractivity contribution is 5.81. The number of carbonyl (C=O) groups excluding carboxylic acids is 1. The van der Waals surface area contributed by atoms with E-state index in [4.69, 9.17) is 4.84 Å². The zero-order valence-electron chi connectivity index (χ0n) is 11.3. The number of hydrogen-bond donors (Lipinski definition) is 0. The predicted octanol–water partition coefficient (Wildman–Crippen LogP) is 1.62. The van der Waals surface area contributed by atoms with Gasteiger partial charge in [-0.15, -0.1) is 0 Å². The molecule has 1 amide bonds. The van der Waals surface area contributed by atoms with Crippen LogP contribution >= 0.6 is 0 Å². The van der Waals surface area contributed by atoms with Gasteiger partial charge in [0.05, 0.1) is 19.7 Å². The van der Waals surface area contributed by atoms with Crippen LogP contribution < -0.4 is 0 Å². The van der Waals surface area contributed by atoms with Crippen molar-refractivity contribution in [2.75, 3.05) is 20.7 Å². The molecule has 2 atom stereocenters. The molecule has 5 heteroatoms. The summed E-state index contributed by atoms with van der Waals surface area (Å²) in [5.41, 5.74) is 0.982. The number of carbonyl (C=O) groups is 1. The molecule has 1 aromatic carbocycles. The summed E-state index contributed by atoms with van der Waals surface area (Å²) in [6.07, 6.45) is -0.696. The van der Waals surface area contributed by atoms with Gasteiger partial charge in [-0.1, -0.05) is 30.3 Å². The lowest BCUT2D eigenvalue weighted by molar-refractivity contribution is -0.183. The van der Waals surface area contributed by atoms with Crippen molar-refractivity contribution in [2.45, 2.75) is 25.2 Å². The van der Waals surface area contributed by atoms with Crippen molar-refractivity contribution in [3.63, 3.8) is 0 Å². The molecule has 0 aromatic heterocycles.